The fourth-order valence-electron chi connectivity index (χ4n) is 2.99. The summed E-state index contributed by atoms with van der Waals surface area (Å²) in [7, 11) is 0. The van der Waals surface area contributed by atoms with E-state index in [1.165, 1.54) is 23.3 Å². The molecule has 1 heterocycles. The second kappa shape index (κ2) is 6.35. The maximum absolute atomic E-state index is 13.0. The molecule has 0 saturated heterocycles. The Balaban J connectivity index is 2.18. The summed E-state index contributed by atoms with van der Waals surface area (Å²) in [5.74, 6) is -0.201. The van der Waals surface area contributed by atoms with E-state index in [-0.39, 0.29) is 17.9 Å². The number of nitrogens with one attached hydrogen (secondary N) is 1. The normalized spacial score (nSPS) is 14.0. The largest absolute Gasteiger partial charge is 0.304 e. The van der Waals surface area contributed by atoms with Crippen LogP contribution in [0.3, 0.4) is 0 Å². The highest BCUT2D eigenvalue weighted by atomic mass is 19.1. The summed E-state index contributed by atoms with van der Waals surface area (Å²) in [6, 6.07) is 9.12. The molecule has 2 atom stereocenters. The molecule has 1 aromatic heterocycles. The van der Waals surface area contributed by atoms with Crippen LogP contribution in [0.25, 0.3) is 0 Å². The molecule has 0 aliphatic carbocycles. The molecule has 2 nitrogen and oxygen atoms in total. The average molecular weight is 286 g/mol. The summed E-state index contributed by atoms with van der Waals surface area (Å²) in [5, 5.41) is 3.57. The lowest BCUT2D eigenvalue weighted by Crippen LogP contribution is -2.24. The number of aryl methyl sites for hydroxylation is 3. The van der Waals surface area contributed by atoms with Crippen molar-refractivity contribution in [2.24, 2.45) is 0 Å². The first-order valence-corrected chi connectivity index (χ1v) is 7.34. The van der Waals surface area contributed by atoms with Crippen molar-refractivity contribution in [2.45, 2.75) is 46.7 Å². The van der Waals surface area contributed by atoms with Crippen LogP contribution in [0, 0.1) is 26.6 Å². The Kier molecular flexibility index (Phi) is 4.73. The summed E-state index contributed by atoms with van der Waals surface area (Å²) in [6.07, 6.45) is 0. The van der Waals surface area contributed by atoms with E-state index in [0.29, 0.717) is 0 Å². The highest BCUT2D eigenvalue weighted by Crippen LogP contribution is 2.24. The van der Waals surface area contributed by atoms with Crippen LogP contribution in [0.2, 0.25) is 0 Å². The molecule has 112 valence electrons. The fourth-order valence-corrected chi connectivity index (χ4v) is 2.99. The number of halogens is 1. The monoisotopic (exact) mass is 286 g/mol. The quantitative estimate of drug-likeness (QED) is 0.891. The van der Waals surface area contributed by atoms with Crippen molar-refractivity contribution in [1.29, 1.82) is 0 Å². The van der Waals surface area contributed by atoms with Gasteiger partial charge >= 0.3 is 0 Å². The summed E-state index contributed by atoms with van der Waals surface area (Å²) in [4.78, 5) is 4.56. The summed E-state index contributed by atoms with van der Waals surface area (Å²) >= 11 is 0. The van der Waals surface area contributed by atoms with Crippen molar-refractivity contribution in [1.82, 2.24) is 10.3 Å². The Labute approximate surface area is 126 Å². The Morgan fingerprint density at radius 3 is 2.19 bits per heavy atom. The van der Waals surface area contributed by atoms with Crippen molar-refractivity contribution in [2.75, 3.05) is 0 Å². The Hall–Kier alpha value is -1.74. The van der Waals surface area contributed by atoms with Crippen LogP contribution in [0.15, 0.2) is 30.3 Å². The molecular weight excluding hydrogens is 263 g/mol. The molecule has 2 rings (SSSR count). The maximum atomic E-state index is 13.0. The van der Waals surface area contributed by atoms with Gasteiger partial charge in [-0.1, -0.05) is 12.1 Å². The van der Waals surface area contributed by atoms with Crippen molar-refractivity contribution in [3.05, 3.63) is 64.2 Å². The molecule has 1 unspecified atom stereocenters. The number of hydrogen-bond donors (Lipinski definition) is 1. The minimum absolute atomic E-state index is 0.153. The van der Waals surface area contributed by atoms with Gasteiger partial charge in [-0.25, -0.2) is 4.39 Å². The molecule has 1 N–H and O–H groups in total. The van der Waals surface area contributed by atoms with Gasteiger partial charge in [-0.15, -0.1) is 0 Å². The molecule has 0 bridgehead atoms. The SMILES string of the molecule is Cc1cc(C)c(C(C)N[C@H](C)c2ccc(F)cc2)c(C)n1. The molecule has 0 radical (unpaired) electrons. The number of pyridine rings is 1. The molecule has 0 aliphatic rings. The zero-order valence-corrected chi connectivity index (χ0v) is 13.4. The topological polar surface area (TPSA) is 24.9 Å². The van der Waals surface area contributed by atoms with Crippen LogP contribution in [0.1, 0.15) is 54.0 Å². The molecule has 0 amide bonds. The molecule has 0 aliphatic heterocycles. The molecule has 1 aromatic carbocycles. The highest BCUT2D eigenvalue weighted by Gasteiger charge is 2.16. The van der Waals surface area contributed by atoms with Crippen molar-refractivity contribution in [3.8, 4) is 0 Å². The zero-order valence-electron chi connectivity index (χ0n) is 13.4. The maximum Gasteiger partial charge on any atom is 0.123 e. The van der Waals surface area contributed by atoms with E-state index >= 15 is 0 Å². The predicted molar refractivity (Wildman–Crippen MR) is 84.8 cm³/mol. The average Bonchev–Trinajstić information content (AvgIpc) is 2.37. The van der Waals surface area contributed by atoms with E-state index in [9.17, 15) is 4.39 Å². The summed E-state index contributed by atoms with van der Waals surface area (Å²) < 4.78 is 13.0. The molecule has 21 heavy (non-hydrogen) atoms. The fraction of sp³-hybridized carbons (Fsp3) is 0.389. The lowest BCUT2D eigenvalue weighted by atomic mass is 9.98. The molecule has 0 saturated carbocycles. The number of aromatic nitrogens is 1. The van der Waals surface area contributed by atoms with Crippen LogP contribution in [-0.2, 0) is 0 Å². The second-order valence-corrected chi connectivity index (χ2v) is 5.74. The molecule has 2 aromatic rings. The van der Waals surface area contributed by atoms with Gasteiger partial charge in [-0.2, -0.15) is 0 Å². The Morgan fingerprint density at radius 1 is 1.00 bits per heavy atom. The first-order chi connectivity index (χ1) is 9.88. The van der Waals surface area contributed by atoms with Crippen molar-refractivity contribution >= 4 is 0 Å². The van der Waals surface area contributed by atoms with Crippen LogP contribution in [0.4, 0.5) is 4.39 Å². The number of rotatable bonds is 4. The number of hydrogen-bond acceptors (Lipinski definition) is 2. The minimum Gasteiger partial charge on any atom is -0.304 e. The van der Waals surface area contributed by atoms with E-state index < -0.39 is 0 Å². The first-order valence-electron chi connectivity index (χ1n) is 7.34. The van der Waals surface area contributed by atoms with Gasteiger partial charge < -0.3 is 5.32 Å². The summed E-state index contributed by atoms with van der Waals surface area (Å²) in [5.41, 5.74) is 5.70. The zero-order chi connectivity index (χ0) is 15.6. The Bertz CT molecular complexity index is 597. The van der Waals surface area contributed by atoms with Crippen LogP contribution in [0.5, 0.6) is 0 Å². The van der Waals surface area contributed by atoms with Gasteiger partial charge in [0.05, 0.1) is 0 Å². The van der Waals surface area contributed by atoms with Crippen LogP contribution < -0.4 is 5.32 Å². The first kappa shape index (κ1) is 15.6. The number of nitrogens with zero attached hydrogens (tertiary/aromatic N) is 1. The second-order valence-electron chi connectivity index (χ2n) is 5.74. The van der Waals surface area contributed by atoms with Gasteiger partial charge in [-0.05, 0) is 69.5 Å². The van der Waals surface area contributed by atoms with E-state index in [1.807, 2.05) is 19.1 Å². The standard InChI is InChI=1S/C18H23FN2/c1-11-10-12(2)20-14(4)18(11)15(5)21-13(3)16-6-8-17(19)9-7-16/h6-10,13,15,21H,1-5H3/t13-,15?/m1/s1. The third-order valence-corrected chi connectivity index (χ3v) is 3.89. The van der Waals surface area contributed by atoms with Gasteiger partial charge in [0.1, 0.15) is 5.82 Å². The number of benzene rings is 1. The van der Waals surface area contributed by atoms with Gasteiger partial charge in [0.25, 0.3) is 0 Å². The Morgan fingerprint density at radius 2 is 1.62 bits per heavy atom. The van der Waals surface area contributed by atoms with E-state index in [2.05, 4.69) is 44.1 Å². The van der Waals surface area contributed by atoms with Crippen molar-refractivity contribution < 1.29 is 4.39 Å². The third kappa shape index (κ3) is 3.67. The van der Waals surface area contributed by atoms with Gasteiger partial charge in [0.2, 0.25) is 0 Å². The minimum atomic E-state index is -0.201. The lowest BCUT2D eigenvalue weighted by Gasteiger charge is -2.23. The van der Waals surface area contributed by atoms with Gasteiger partial charge in [-0.3, -0.25) is 4.98 Å². The van der Waals surface area contributed by atoms with Crippen molar-refractivity contribution in [3.63, 3.8) is 0 Å². The van der Waals surface area contributed by atoms with Gasteiger partial charge in [0.15, 0.2) is 0 Å². The molecule has 0 spiro atoms. The smallest absolute Gasteiger partial charge is 0.123 e. The van der Waals surface area contributed by atoms with Gasteiger partial charge in [0, 0.05) is 23.5 Å². The highest BCUT2D eigenvalue weighted by molar-refractivity contribution is 5.33. The van der Waals surface area contributed by atoms with E-state index in [0.717, 1.165) is 17.0 Å². The van der Waals surface area contributed by atoms with E-state index in [4.69, 9.17) is 0 Å². The lowest BCUT2D eigenvalue weighted by molar-refractivity contribution is 0.489. The van der Waals surface area contributed by atoms with Crippen LogP contribution in [-0.4, -0.2) is 4.98 Å². The van der Waals surface area contributed by atoms with E-state index in [1.54, 1.807) is 0 Å². The summed E-state index contributed by atoms with van der Waals surface area (Å²) in [6.45, 7) is 10.4. The predicted octanol–water partition coefficient (Wildman–Crippen LogP) is 4.56. The third-order valence-electron chi connectivity index (χ3n) is 3.89. The molecule has 3 heteroatoms. The molecule has 0 fully saturated rings. The molecular formula is C18H23FN2. The van der Waals surface area contributed by atoms with Crippen LogP contribution >= 0.6 is 0 Å².